The summed E-state index contributed by atoms with van der Waals surface area (Å²) in [5.41, 5.74) is 2.54. The van der Waals surface area contributed by atoms with Crippen molar-refractivity contribution in [1.29, 1.82) is 0 Å². The summed E-state index contributed by atoms with van der Waals surface area (Å²) in [6.07, 6.45) is 4.66. The molecule has 0 aliphatic heterocycles. The lowest BCUT2D eigenvalue weighted by Gasteiger charge is -2.20. The molecule has 17 heavy (non-hydrogen) atoms. The van der Waals surface area contributed by atoms with Crippen molar-refractivity contribution in [3.8, 4) is 0 Å². The number of carbonyl (C=O) groups is 1. The molecule has 0 saturated carbocycles. The molecule has 0 atom stereocenters. The SMILES string of the molecule is C=CCNC(=S)N(C)NC(=O)c1ncccn1. The van der Waals surface area contributed by atoms with Crippen molar-refractivity contribution in [1.82, 2.24) is 25.7 Å². The van der Waals surface area contributed by atoms with Crippen molar-refractivity contribution >= 4 is 23.2 Å². The molecule has 1 aromatic rings. The van der Waals surface area contributed by atoms with E-state index in [0.717, 1.165) is 0 Å². The molecular formula is C10H13N5OS. The van der Waals surface area contributed by atoms with Crippen molar-refractivity contribution in [3.63, 3.8) is 0 Å². The summed E-state index contributed by atoms with van der Waals surface area (Å²) in [5, 5.41) is 4.64. The molecule has 90 valence electrons. The maximum absolute atomic E-state index is 11.6. The third kappa shape index (κ3) is 4.15. The second kappa shape index (κ2) is 6.54. The third-order valence-electron chi connectivity index (χ3n) is 1.74. The molecule has 7 heteroatoms. The molecule has 2 N–H and O–H groups in total. The molecule has 1 rings (SSSR count). The van der Waals surface area contributed by atoms with Crippen LogP contribution < -0.4 is 10.7 Å². The molecule has 0 radical (unpaired) electrons. The summed E-state index contributed by atoms with van der Waals surface area (Å²) in [5.74, 6) is -0.332. The molecule has 0 fully saturated rings. The molecule has 6 nitrogen and oxygen atoms in total. The lowest BCUT2D eigenvalue weighted by molar-refractivity contribution is 0.0875. The molecule has 0 spiro atoms. The minimum absolute atomic E-state index is 0.0888. The Morgan fingerprint density at radius 1 is 1.59 bits per heavy atom. The summed E-state index contributed by atoms with van der Waals surface area (Å²) < 4.78 is 0. The highest BCUT2D eigenvalue weighted by atomic mass is 32.1. The average Bonchev–Trinajstić information content (AvgIpc) is 2.36. The van der Waals surface area contributed by atoms with Crippen molar-refractivity contribution < 1.29 is 4.79 Å². The van der Waals surface area contributed by atoms with E-state index in [-0.39, 0.29) is 5.82 Å². The highest BCUT2D eigenvalue weighted by Gasteiger charge is 2.11. The van der Waals surface area contributed by atoms with E-state index >= 15 is 0 Å². The predicted molar refractivity (Wildman–Crippen MR) is 68.1 cm³/mol. The van der Waals surface area contributed by atoms with Gasteiger partial charge in [-0.25, -0.2) is 9.97 Å². The topological polar surface area (TPSA) is 70.2 Å². The quantitative estimate of drug-likeness (QED) is 0.451. The van der Waals surface area contributed by atoms with E-state index in [4.69, 9.17) is 12.2 Å². The Morgan fingerprint density at radius 3 is 2.82 bits per heavy atom. The molecule has 0 unspecified atom stereocenters. The van der Waals surface area contributed by atoms with Crippen molar-refractivity contribution in [2.24, 2.45) is 0 Å². The lowest BCUT2D eigenvalue weighted by atomic mass is 10.5. The lowest BCUT2D eigenvalue weighted by Crippen LogP contribution is -2.48. The molecule has 0 saturated heterocycles. The fourth-order valence-corrected chi connectivity index (χ4v) is 1.08. The molecular weight excluding hydrogens is 238 g/mol. The van der Waals surface area contributed by atoms with Gasteiger partial charge in [-0.2, -0.15) is 0 Å². The highest BCUT2D eigenvalue weighted by Crippen LogP contribution is 1.89. The van der Waals surface area contributed by atoms with Crippen LogP contribution in [0.1, 0.15) is 10.6 Å². The smallest absolute Gasteiger partial charge is 0.307 e. The van der Waals surface area contributed by atoms with E-state index in [9.17, 15) is 4.79 Å². The van der Waals surface area contributed by atoms with E-state index in [1.54, 1.807) is 19.2 Å². The van der Waals surface area contributed by atoms with Gasteiger partial charge in [-0.3, -0.25) is 15.2 Å². The van der Waals surface area contributed by atoms with Gasteiger partial charge in [0.15, 0.2) is 5.11 Å². The fourth-order valence-electron chi connectivity index (χ4n) is 0.948. The van der Waals surface area contributed by atoms with Gasteiger partial charge in [0.05, 0.1) is 0 Å². The highest BCUT2D eigenvalue weighted by molar-refractivity contribution is 7.80. The van der Waals surface area contributed by atoms with Gasteiger partial charge in [0.1, 0.15) is 0 Å². The number of rotatable bonds is 3. The third-order valence-corrected chi connectivity index (χ3v) is 2.16. The van der Waals surface area contributed by atoms with Crippen LogP contribution in [0.5, 0.6) is 0 Å². The zero-order chi connectivity index (χ0) is 12.7. The van der Waals surface area contributed by atoms with E-state index < -0.39 is 5.91 Å². The summed E-state index contributed by atoms with van der Waals surface area (Å²) in [6.45, 7) is 4.08. The van der Waals surface area contributed by atoms with Crippen LogP contribution in [0, 0.1) is 0 Å². The normalized spacial score (nSPS) is 9.24. The van der Waals surface area contributed by atoms with Gasteiger partial charge in [0.25, 0.3) is 0 Å². The Bertz CT molecular complexity index is 408. The fraction of sp³-hybridized carbons (Fsp3) is 0.200. The van der Waals surface area contributed by atoms with Crippen LogP contribution in [-0.4, -0.2) is 39.6 Å². The van der Waals surface area contributed by atoms with Gasteiger partial charge in [0.2, 0.25) is 5.82 Å². The minimum Gasteiger partial charge on any atom is -0.358 e. The number of aromatic nitrogens is 2. The maximum Gasteiger partial charge on any atom is 0.307 e. The Balaban J connectivity index is 2.51. The molecule has 1 heterocycles. The van der Waals surface area contributed by atoms with E-state index in [1.807, 2.05) is 0 Å². The Labute approximate surface area is 105 Å². The van der Waals surface area contributed by atoms with Gasteiger partial charge in [-0.05, 0) is 18.3 Å². The van der Waals surface area contributed by atoms with Gasteiger partial charge in [-0.15, -0.1) is 6.58 Å². The molecule has 0 aromatic carbocycles. The van der Waals surface area contributed by atoms with Crippen LogP contribution in [0.25, 0.3) is 0 Å². The largest absolute Gasteiger partial charge is 0.358 e. The van der Waals surface area contributed by atoms with Crippen LogP contribution >= 0.6 is 12.2 Å². The minimum atomic E-state index is -0.421. The van der Waals surface area contributed by atoms with Crippen LogP contribution in [0.4, 0.5) is 0 Å². The van der Waals surface area contributed by atoms with Crippen molar-refractivity contribution in [2.75, 3.05) is 13.6 Å². The zero-order valence-corrected chi connectivity index (χ0v) is 10.2. The predicted octanol–water partition coefficient (Wildman–Crippen LogP) is 0.114. The number of hydrogen-bond donors (Lipinski definition) is 2. The molecule has 0 aliphatic carbocycles. The van der Waals surface area contributed by atoms with Gasteiger partial charge in [0, 0.05) is 26.0 Å². The first-order chi connectivity index (χ1) is 8.15. The van der Waals surface area contributed by atoms with Gasteiger partial charge < -0.3 is 5.32 Å². The van der Waals surface area contributed by atoms with E-state index in [1.165, 1.54) is 17.4 Å². The van der Waals surface area contributed by atoms with Crippen molar-refractivity contribution in [2.45, 2.75) is 0 Å². The van der Waals surface area contributed by atoms with Crippen LogP contribution in [0.3, 0.4) is 0 Å². The summed E-state index contributed by atoms with van der Waals surface area (Å²) in [6, 6.07) is 1.64. The van der Waals surface area contributed by atoms with Gasteiger partial charge in [-0.1, -0.05) is 6.08 Å². The van der Waals surface area contributed by atoms with Crippen LogP contribution in [-0.2, 0) is 0 Å². The Hall–Kier alpha value is -2.02. The number of hydrogen-bond acceptors (Lipinski definition) is 4. The maximum atomic E-state index is 11.6. The summed E-state index contributed by atoms with van der Waals surface area (Å²) in [4.78, 5) is 19.3. The number of hydrazine groups is 1. The summed E-state index contributed by atoms with van der Waals surface area (Å²) >= 11 is 5.02. The molecule has 1 aromatic heterocycles. The number of amides is 1. The number of carbonyl (C=O) groups excluding carboxylic acids is 1. The molecule has 0 aliphatic rings. The second-order valence-electron chi connectivity index (χ2n) is 3.05. The first-order valence-electron chi connectivity index (χ1n) is 4.85. The van der Waals surface area contributed by atoms with Crippen LogP contribution in [0.2, 0.25) is 0 Å². The van der Waals surface area contributed by atoms with Crippen molar-refractivity contribution in [3.05, 3.63) is 36.9 Å². The Morgan fingerprint density at radius 2 is 2.24 bits per heavy atom. The number of nitrogens with one attached hydrogen (secondary N) is 2. The van der Waals surface area contributed by atoms with E-state index in [0.29, 0.717) is 11.7 Å². The molecule has 1 amide bonds. The molecule has 0 bridgehead atoms. The number of thiocarbonyl (C=S) groups is 1. The van der Waals surface area contributed by atoms with Gasteiger partial charge >= 0.3 is 5.91 Å². The van der Waals surface area contributed by atoms with E-state index in [2.05, 4.69) is 27.3 Å². The number of nitrogens with zero attached hydrogens (tertiary/aromatic N) is 3. The average molecular weight is 251 g/mol. The second-order valence-corrected chi connectivity index (χ2v) is 3.43. The summed E-state index contributed by atoms with van der Waals surface area (Å²) in [7, 11) is 1.62. The monoisotopic (exact) mass is 251 g/mol. The zero-order valence-electron chi connectivity index (χ0n) is 9.38. The first-order valence-corrected chi connectivity index (χ1v) is 5.26. The van der Waals surface area contributed by atoms with Crippen LogP contribution in [0.15, 0.2) is 31.1 Å². The standard InChI is InChI=1S/C10H13N5OS/c1-3-5-13-10(17)15(2)14-9(16)8-11-6-4-7-12-8/h3-4,6-7H,1,5H2,2H3,(H,13,17)(H,14,16). The first kappa shape index (κ1) is 13.0. The Kier molecular flexibility index (Phi) is 5.02.